The lowest BCUT2D eigenvalue weighted by Crippen LogP contribution is -2.12. The standard InChI is InChI=1S/C27H23N3O4S2/c1-32-16-8-6-15(7-9-16)18-14-20(22-5-4-12-35-22)30-27-23(18)24(28)25(36-27)26(31)29-19-11-10-17(33-2)13-21(19)34-3/h4-14H,28H2,1-3H3,(H,29,31). The molecule has 36 heavy (non-hydrogen) atoms. The van der Waals surface area contributed by atoms with Crippen LogP contribution in [-0.2, 0) is 0 Å². The number of fused-ring (bicyclic) bond motifs is 1. The van der Waals surface area contributed by atoms with Crippen LogP contribution in [0.15, 0.2) is 66.0 Å². The van der Waals surface area contributed by atoms with E-state index in [9.17, 15) is 4.79 Å². The summed E-state index contributed by atoms with van der Waals surface area (Å²) in [4.78, 5) is 20.3. The van der Waals surface area contributed by atoms with Crippen LogP contribution in [-0.4, -0.2) is 32.2 Å². The summed E-state index contributed by atoms with van der Waals surface area (Å²) in [5.74, 6) is 1.53. The second kappa shape index (κ2) is 9.88. The Hall–Kier alpha value is -4.08. The highest BCUT2D eigenvalue weighted by Crippen LogP contribution is 2.42. The van der Waals surface area contributed by atoms with Crippen molar-refractivity contribution in [3.63, 3.8) is 0 Å². The molecule has 3 heterocycles. The SMILES string of the molecule is COc1ccc(-c2cc(-c3cccs3)nc3sc(C(=O)Nc4ccc(OC)cc4OC)c(N)c23)cc1. The average Bonchev–Trinajstić information content (AvgIpc) is 3.57. The maximum atomic E-state index is 13.4. The first-order valence-electron chi connectivity index (χ1n) is 11.0. The van der Waals surface area contributed by atoms with Gasteiger partial charge in [-0.25, -0.2) is 4.98 Å². The Labute approximate surface area is 216 Å². The predicted octanol–water partition coefficient (Wildman–Crippen LogP) is 6.55. The van der Waals surface area contributed by atoms with E-state index in [1.807, 2.05) is 47.8 Å². The van der Waals surface area contributed by atoms with Crippen LogP contribution in [0.4, 0.5) is 11.4 Å². The molecule has 3 aromatic heterocycles. The van der Waals surface area contributed by atoms with Gasteiger partial charge < -0.3 is 25.3 Å². The number of pyridine rings is 1. The van der Waals surface area contributed by atoms with E-state index >= 15 is 0 Å². The topological polar surface area (TPSA) is 95.7 Å². The van der Waals surface area contributed by atoms with Crippen molar-refractivity contribution < 1.29 is 19.0 Å². The Morgan fingerprint density at radius 1 is 0.944 bits per heavy atom. The van der Waals surface area contributed by atoms with Crippen molar-refractivity contribution in [2.24, 2.45) is 0 Å². The lowest BCUT2D eigenvalue weighted by Gasteiger charge is -2.11. The van der Waals surface area contributed by atoms with E-state index in [1.54, 1.807) is 43.8 Å². The van der Waals surface area contributed by atoms with Crippen molar-refractivity contribution in [2.75, 3.05) is 32.4 Å². The minimum absolute atomic E-state index is 0.336. The molecule has 2 aromatic carbocycles. The molecule has 0 aliphatic heterocycles. The molecule has 5 aromatic rings. The zero-order chi connectivity index (χ0) is 25.2. The normalized spacial score (nSPS) is 10.9. The van der Waals surface area contributed by atoms with E-state index in [0.717, 1.165) is 32.8 Å². The number of aromatic nitrogens is 1. The summed E-state index contributed by atoms with van der Waals surface area (Å²) in [7, 11) is 4.74. The van der Waals surface area contributed by atoms with Gasteiger partial charge in [-0.2, -0.15) is 0 Å². The Kier molecular flexibility index (Phi) is 6.49. The van der Waals surface area contributed by atoms with Crippen molar-refractivity contribution in [1.29, 1.82) is 0 Å². The van der Waals surface area contributed by atoms with Crippen molar-refractivity contribution in [1.82, 2.24) is 4.98 Å². The highest BCUT2D eigenvalue weighted by Gasteiger charge is 2.23. The summed E-state index contributed by atoms with van der Waals surface area (Å²) < 4.78 is 16.0. The fourth-order valence-electron chi connectivity index (χ4n) is 3.92. The zero-order valence-corrected chi connectivity index (χ0v) is 21.5. The number of carbonyl (C=O) groups is 1. The zero-order valence-electron chi connectivity index (χ0n) is 19.8. The highest BCUT2D eigenvalue weighted by molar-refractivity contribution is 7.21. The number of rotatable bonds is 7. The maximum absolute atomic E-state index is 13.4. The minimum Gasteiger partial charge on any atom is -0.497 e. The summed E-state index contributed by atoms with van der Waals surface area (Å²) in [5.41, 5.74) is 10.2. The summed E-state index contributed by atoms with van der Waals surface area (Å²) in [6.45, 7) is 0. The highest BCUT2D eigenvalue weighted by atomic mass is 32.1. The fourth-order valence-corrected chi connectivity index (χ4v) is 5.62. The quantitative estimate of drug-likeness (QED) is 0.254. The van der Waals surface area contributed by atoms with Crippen molar-refractivity contribution in [2.45, 2.75) is 0 Å². The van der Waals surface area contributed by atoms with Gasteiger partial charge in [-0.3, -0.25) is 4.79 Å². The number of benzene rings is 2. The van der Waals surface area contributed by atoms with Crippen LogP contribution in [0.2, 0.25) is 0 Å². The molecule has 0 radical (unpaired) electrons. The van der Waals surface area contributed by atoms with E-state index in [0.29, 0.717) is 32.6 Å². The molecule has 0 saturated carbocycles. The number of amides is 1. The van der Waals surface area contributed by atoms with Gasteiger partial charge in [0.05, 0.1) is 43.3 Å². The first kappa shape index (κ1) is 23.7. The van der Waals surface area contributed by atoms with Crippen LogP contribution in [0.5, 0.6) is 17.2 Å². The Morgan fingerprint density at radius 2 is 1.69 bits per heavy atom. The van der Waals surface area contributed by atoms with Gasteiger partial charge in [-0.15, -0.1) is 22.7 Å². The third-order valence-corrected chi connectivity index (χ3v) is 7.73. The Bertz CT molecular complexity index is 1540. The number of nitrogens with two attached hydrogens (primary N) is 1. The second-order valence-electron chi connectivity index (χ2n) is 7.81. The van der Waals surface area contributed by atoms with Crippen LogP contribution in [0.25, 0.3) is 31.9 Å². The van der Waals surface area contributed by atoms with E-state index in [-0.39, 0.29) is 5.91 Å². The second-order valence-corrected chi connectivity index (χ2v) is 9.75. The Balaban J connectivity index is 1.62. The summed E-state index contributed by atoms with van der Waals surface area (Å²) in [6, 6.07) is 19.0. The molecule has 1 amide bonds. The molecule has 182 valence electrons. The number of anilines is 2. The molecule has 0 spiro atoms. The van der Waals surface area contributed by atoms with E-state index in [1.165, 1.54) is 18.4 Å². The van der Waals surface area contributed by atoms with Gasteiger partial charge in [-0.1, -0.05) is 18.2 Å². The lowest BCUT2D eigenvalue weighted by atomic mass is 10.0. The maximum Gasteiger partial charge on any atom is 0.268 e. The summed E-state index contributed by atoms with van der Waals surface area (Å²) in [5, 5.41) is 5.68. The van der Waals surface area contributed by atoms with Gasteiger partial charge in [0, 0.05) is 11.5 Å². The van der Waals surface area contributed by atoms with Gasteiger partial charge >= 0.3 is 0 Å². The van der Waals surface area contributed by atoms with Gasteiger partial charge in [-0.05, 0) is 52.9 Å². The van der Waals surface area contributed by atoms with Crippen molar-refractivity contribution in [3.8, 4) is 38.9 Å². The Morgan fingerprint density at radius 3 is 2.36 bits per heavy atom. The average molecular weight is 518 g/mol. The molecule has 0 fully saturated rings. The molecular formula is C27H23N3O4S2. The van der Waals surface area contributed by atoms with Crippen molar-refractivity contribution in [3.05, 3.63) is 70.9 Å². The molecule has 5 rings (SSSR count). The smallest absolute Gasteiger partial charge is 0.268 e. The van der Waals surface area contributed by atoms with Crippen LogP contribution >= 0.6 is 22.7 Å². The number of nitrogen functional groups attached to an aromatic ring is 1. The summed E-state index contributed by atoms with van der Waals surface area (Å²) in [6.07, 6.45) is 0. The third kappa shape index (κ3) is 4.34. The van der Waals surface area contributed by atoms with Gasteiger partial charge in [0.15, 0.2) is 0 Å². The molecule has 0 saturated heterocycles. The molecule has 0 unspecified atom stereocenters. The molecule has 3 N–H and O–H groups in total. The first-order valence-corrected chi connectivity index (χ1v) is 12.7. The molecule has 0 atom stereocenters. The van der Waals surface area contributed by atoms with E-state index in [2.05, 4.69) is 5.32 Å². The molecule has 0 bridgehead atoms. The number of methoxy groups -OCH3 is 3. The molecule has 9 heteroatoms. The van der Waals surface area contributed by atoms with Crippen LogP contribution in [0.3, 0.4) is 0 Å². The molecule has 0 aliphatic rings. The first-order chi connectivity index (χ1) is 17.5. The molecular weight excluding hydrogens is 494 g/mol. The van der Waals surface area contributed by atoms with Gasteiger partial charge in [0.25, 0.3) is 5.91 Å². The number of nitrogens with zero attached hydrogens (tertiary/aromatic N) is 1. The van der Waals surface area contributed by atoms with Gasteiger partial charge in [0.1, 0.15) is 27.0 Å². The number of hydrogen-bond donors (Lipinski definition) is 2. The van der Waals surface area contributed by atoms with Crippen molar-refractivity contribution >= 4 is 50.2 Å². The fraction of sp³-hybridized carbons (Fsp3) is 0.111. The van der Waals surface area contributed by atoms with E-state index < -0.39 is 0 Å². The lowest BCUT2D eigenvalue weighted by molar-refractivity contribution is 0.103. The predicted molar refractivity (Wildman–Crippen MR) is 147 cm³/mol. The minimum atomic E-state index is -0.336. The number of ether oxygens (including phenoxy) is 3. The van der Waals surface area contributed by atoms with Crippen LogP contribution in [0, 0.1) is 0 Å². The number of thiophene rings is 2. The molecule has 0 aliphatic carbocycles. The van der Waals surface area contributed by atoms with E-state index in [4.69, 9.17) is 24.9 Å². The number of hydrogen-bond acceptors (Lipinski definition) is 8. The van der Waals surface area contributed by atoms with Gasteiger partial charge in [0.2, 0.25) is 0 Å². The molecule has 7 nitrogen and oxygen atoms in total. The number of carbonyl (C=O) groups excluding carboxylic acids is 1. The number of nitrogens with one attached hydrogen (secondary N) is 1. The van der Waals surface area contributed by atoms with Crippen LogP contribution < -0.4 is 25.3 Å². The summed E-state index contributed by atoms with van der Waals surface area (Å²) >= 11 is 2.87. The third-order valence-electron chi connectivity index (χ3n) is 5.74. The largest absolute Gasteiger partial charge is 0.497 e. The van der Waals surface area contributed by atoms with Crippen LogP contribution in [0.1, 0.15) is 9.67 Å². The monoisotopic (exact) mass is 517 g/mol.